The molecule has 0 atom stereocenters. The maximum atomic E-state index is 13.6. The Balaban J connectivity index is 1.86. The number of benzene rings is 2. The van der Waals surface area contributed by atoms with Gasteiger partial charge in [-0.1, -0.05) is 35.3 Å². The molecule has 1 aliphatic heterocycles. The number of hydrogen-bond acceptors (Lipinski definition) is 4. The van der Waals surface area contributed by atoms with Crippen molar-refractivity contribution in [3.63, 3.8) is 0 Å². The Bertz CT molecular complexity index is 861. The maximum absolute atomic E-state index is 13.6. The van der Waals surface area contributed by atoms with Crippen LogP contribution in [0.4, 0.5) is 23.7 Å². The Morgan fingerprint density at radius 2 is 1.67 bits per heavy atom. The average molecular weight is 423 g/mol. The molecular formula is C16H11Cl2F3N2O4. The fraction of sp³-hybridized carbons (Fsp3) is 0.188. The van der Waals surface area contributed by atoms with Crippen LogP contribution in [0.1, 0.15) is 0 Å². The molecule has 0 saturated carbocycles. The highest BCUT2D eigenvalue weighted by molar-refractivity contribution is 6.42. The first-order chi connectivity index (χ1) is 12.6. The van der Waals surface area contributed by atoms with Crippen molar-refractivity contribution in [2.24, 2.45) is 0 Å². The first-order valence-electron chi connectivity index (χ1n) is 7.31. The predicted octanol–water partition coefficient (Wildman–Crippen LogP) is 4.81. The van der Waals surface area contributed by atoms with Crippen LogP contribution in [0.3, 0.4) is 0 Å². The molecule has 1 aliphatic rings. The smallest absolute Gasteiger partial charge is 0.492 e. The van der Waals surface area contributed by atoms with Gasteiger partial charge in [0.1, 0.15) is 5.75 Å². The van der Waals surface area contributed by atoms with Crippen LogP contribution in [-0.2, 0) is 0 Å². The molecule has 0 radical (unpaired) electrons. The number of carbonyl (C=O) groups excluding carboxylic acids is 1. The highest BCUT2D eigenvalue weighted by atomic mass is 35.5. The molecule has 2 aromatic rings. The molecule has 0 spiro atoms. The number of ether oxygens (including phenoxy) is 3. The SMILES string of the molecule is COc1ccccc1NC(=O)NC1(C(F)(F)F)Oc2cc(Cl)c(Cl)cc2O1. The summed E-state index contributed by atoms with van der Waals surface area (Å²) in [6.45, 7) is 0. The van der Waals surface area contributed by atoms with Crippen LogP contribution in [0.2, 0.25) is 10.0 Å². The third-order valence-corrected chi connectivity index (χ3v) is 4.22. The van der Waals surface area contributed by atoms with Gasteiger partial charge in [0, 0.05) is 12.1 Å². The third-order valence-electron chi connectivity index (χ3n) is 3.50. The summed E-state index contributed by atoms with van der Waals surface area (Å²) in [4.78, 5) is 12.2. The molecule has 3 rings (SSSR count). The number of alkyl halides is 3. The molecule has 144 valence electrons. The van der Waals surface area contributed by atoms with Crippen molar-refractivity contribution in [2.45, 2.75) is 12.1 Å². The zero-order valence-electron chi connectivity index (χ0n) is 13.5. The van der Waals surface area contributed by atoms with Gasteiger partial charge in [0.15, 0.2) is 11.5 Å². The summed E-state index contributed by atoms with van der Waals surface area (Å²) < 4.78 is 55.7. The summed E-state index contributed by atoms with van der Waals surface area (Å²) in [6.07, 6.45) is -5.12. The van der Waals surface area contributed by atoms with E-state index in [9.17, 15) is 18.0 Å². The van der Waals surface area contributed by atoms with Gasteiger partial charge in [-0.05, 0) is 12.1 Å². The second-order valence-electron chi connectivity index (χ2n) is 5.31. The van der Waals surface area contributed by atoms with Gasteiger partial charge in [-0.2, -0.15) is 13.2 Å². The summed E-state index contributed by atoms with van der Waals surface area (Å²) in [5.74, 6) is -3.84. The number of fused-ring (bicyclic) bond motifs is 1. The second kappa shape index (κ2) is 6.90. The molecule has 0 aliphatic carbocycles. The van der Waals surface area contributed by atoms with Gasteiger partial charge in [0.25, 0.3) is 0 Å². The molecule has 0 fully saturated rings. The Morgan fingerprint density at radius 1 is 1.11 bits per heavy atom. The van der Waals surface area contributed by atoms with Crippen LogP contribution in [0.5, 0.6) is 17.2 Å². The van der Waals surface area contributed by atoms with E-state index in [0.29, 0.717) is 0 Å². The van der Waals surface area contributed by atoms with Gasteiger partial charge in [0.05, 0.1) is 22.8 Å². The highest BCUT2D eigenvalue weighted by Gasteiger charge is 2.66. The minimum absolute atomic E-state index is 0.0320. The molecule has 6 nitrogen and oxygen atoms in total. The summed E-state index contributed by atoms with van der Waals surface area (Å²) >= 11 is 11.6. The number of urea groups is 1. The molecule has 2 amide bonds. The number of carbonyl (C=O) groups is 1. The molecule has 2 aromatic carbocycles. The van der Waals surface area contributed by atoms with Crippen molar-refractivity contribution in [3.8, 4) is 17.2 Å². The van der Waals surface area contributed by atoms with Crippen molar-refractivity contribution in [1.29, 1.82) is 0 Å². The molecule has 0 unspecified atom stereocenters. The van der Waals surface area contributed by atoms with Crippen molar-refractivity contribution in [1.82, 2.24) is 5.32 Å². The zero-order valence-corrected chi connectivity index (χ0v) is 15.0. The maximum Gasteiger partial charge on any atom is 0.492 e. The van der Waals surface area contributed by atoms with Gasteiger partial charge in [-0.25, -0.2) is 4.79 Å². The third kappa shape index (κ3) is 3.65. The average Bonchev–Trinajstić information content (AvgIpc) is 2.93. The van der Waals surface area contributed by atoms with Crippen molar-refractivity contribution in [3.05, 3.63) is 46.4 Å². The fourth-order valence-corrected chi connectivity index (χ4v) is 2.60. The van der Waals surface area contributed by atoms with Crippen LogP contribution in [-0.4, -0.2) is 25.2 Å². The Labute approximate surface area is 161 Å². The summed E-state index contributed by atoms with van der Waals surface area (Å²) in [7, 11) is 1.35. The van der Waals surface area contributed by atoms with E-state index in [1.54, 1.807) is 17.4 Å². The molecule has 0 bridgehead atoms. The van der Waals surface area contributed by atoms with Crippen LogP contribution >= 0.6 is 23.2 Å². The topological polar surface area (TPSA) is 68.8 Å². The normalized spacial score (nSPS) is 14.6. The lowest BCUT2D eigenvalue weighted by Gasteiger charge is -2.29. The van der Waals surface area contributed by atoms with Crippen molar-refractivity contribution >= 4 is 34.9 Å². The van der Waals surface area contributed by atoms with Crippen LogP contribution in [0, 0.1) is 0 Å². The van der Waals surface area contributed by atoms with Gasteiger partial charge in [0.2, 0.25) is 0 Å². The number of halogens is 5. The van der Waals surface area contributed by atoms with E-state index in [1.165, 1.54) is 19.2 Å². The van der Waals surface area contributed by atoms with Crippen LogP contribution in [0.15, 0.2) is 36.4 Å². The number of rotatable bonds is 3. The van der Waals surface area contributed by atoms with Crippen molar-refractivity contribution < 1.29 is 32.2 Å². The van der Waals surface area contributed by atoms with E-state index in [2.05, 4.69) is 5.32 Å². The summed E-state index contributed by atoms with van der Waals surface area (Å²) in [5.41, 5.74) is 0.149. The van der Waals surface area contributed by atoms with E-state index >= 15 is 0 Å². The number of methoxy groups -OCH3 is 1. The van der Waals surface area contributed by atoms with Gasteiger partial charge in [-0.15, -0.1) is 0 Å². The number of hydrogen-bond donors (Lipinski definition) is 2. The molecule has 2 N–H and O–H groups in total. The number of para-hydroxylation sites is 2. The molecule has 27 heavy (non-hydrogen) atoms. The second-order valence-corrected chi connectivity index (χ2v) is 6.13. The van der Waals surface area contributed by atoms with E-state index in [1.807, 2.05) is 0 Å². The summed E-state index contributed by atoms with van der Waals surface area (Å²) in [5, 5.41) is 3.84. The summed E-state index contributed by atoms with van der Waals surface area (Å²) in [6, 6.07) is 7.06. The largest absolute Gasteiger partial charge is 0.495 e. The monoisotopic (exact) mass is 422 g/mol. The van der Waals surface area contributed by atoms with Crippen LogP contribution < -0.4 is 24.8 Å². The lowest BCUT2D eigenvalue weighted by atomic mass is 10.3. The quantitative estimate of drug-likeness (QED) is 0.744. The van der Waals surface area contributed by atoms with E-state index in [0.717, 1.165) is 12.1 Å². The lowest BCUT2D eigenvalue weighted by molar-refractivity contribution is -0.317. The Hall–Kier alpha value is -2.52. The van der Waals surface area contributed by atoms with E-state index in [-0.39, 0.29) is 33.0 Å². The lowest BCUT2D eigenvalue weighted by Crippen LogP contribution is -2.65. The molecule has 1 heterocycles. The molecule has 11 heteroatoms. The molecule has 0 aromatic heterocycles. The number of amides is 2. The predicted molar refractivity (Wildman–Crippen MR) is 91.7 cm³/mol. The van der Waals surface area contributed by atoms with Crippen molar-refractivity contribution in [2.75, 3.05) is 12.4 Å². The first-order valence-corrected chi connectivity index (χ1v) is 8.07. The Kier molecular flexibility index (Phi) is 4.92. The zero-order chi connectivity index (χ0) is 19.8. The number of nitrogens with one attached hydrogen (secondary N) is 2. The standard InChI is InChI=1S/C16H11Cl2F3N2O4/c1-25-11-5-3-2-4-10(11)22-14(24)23-16(15(19,20)21)26-12-6-8(17)9(18)7-13(12)27-16/h2-7H,1H3,(H2,22,23,24). The Morgan fingerprint density at radius 3 is 2.19 bits per heavy atom. The minimum atomic E-state index is -5.12. The van der Waals surface area contributed by atoms with Crippen LogP contribution in [0.25, 0.3) is 0 Å². The highest BCUT2D eigenvalue weighted by Crippen LogP contribution is 2.48. The van der Waals surface area contributed by atoms with Gasteiger partial charge < -0.3 is 19.5 Å². The minimum Gasteiger partial charge on any atom is -0.495 e. The number of anilines is 1. The fourth-order valence-electron chi connectivity index (χ4n) is 2.29. The van der Waals surface area contributed by atoms with E-state index < -0.39 is 18.1 Å². The first kappa shape index (κ1) is 19.2. The molecular weight excluding hydrogens is 412 g/mol. The van der Waals surface area contributed by atoms with Gasteiger partial charge in [-0.3, -0.25) is 5.32 Å². The molecule has 0 saturated heterocycles. The van der Waals surface area contributed by atoms with E-state index in [4.69, 9.17) is 37.4 Å². The van der Waals surface area contributed by atoms with Gasteiger partial charge >= 0.3 is 18.1 Å².